The van der Waals surface area contributed by atoms with Crippen LogP contribution in [-0.4, -0.2) is 27.8 Å². The van der Waals surface area contributed by atoms with Gasteiger partial charge in [-0.3, -0.25) is 9.78 Å². The molecule has 5 heteroatoms. The molecule has 80 valence electrons. The Morgan fingerprint density at radius 2 is 1.81 bits per heavy atom. The molecule has 0 amide bonds. The van der Waals surface area contributed by atoms with Gasteiger partial charge in [-0.1, -0.05) is 0 Å². The van der Waals surface area contributed by atoms with Crippen molar-refractivity contribution in [3.8, 4) is 5.88 Å². The number of ketones is 1. The first-order valence-corrected chi connectivity index (χ1v) is 4.62. The van der Waals surface area contributed by atoms with Gasteiger partial charge in [-0.05, 0) is 12.1 Å². The topological polar surface area (TPSA) is 65.0 Å². The van der Waals surface area contributed by atoms with Crippen molar-refractivity contribution in [1.29, 1.82) is 0 Å². The molecule has 0 aliphatic rings. The smallest absolute Gasteiger partial charge is 0.243 e. The molecule has 0 fully saturated rings. The number of carbonyl (C=O) groups excluding carboxylic acids is 1. The number of methoxy groups -OCH3 is 1. The zero-order valence-corrected chi connectivity index (χ0v) is 8.62. The average molecular weight is 215 g/mol. The number of rotatable bonds is 3. The Bertz CT molecular complexity index is 500. The summed E-state index contributed by atoms with van der Waals surface area (Å²) in [5.74, 6) is -0.00309. The first-order valence-electron chi connectivity index (χ1n) is 4.62. The van der Waals surface area contributed by atoms with Crippen LogP contribution in [0.4, 0.5) is 0 Å². The van der Waals surface area contributed by atoms with Gasteiger partial charge in [-0.25, -0.2) is 9.97 Å². The van der Waals surface area contributed by atoms with Gasteiger partial charge in [0.25, 0.3) is 0 Å². The molecule has 16 heavy (non-hydrogen) atoms. The molecule has 0 aliphatic carbocycles. The first-order chi connectivity index (χ1) is 7.83. The molecule has 0 radical (unpaired) electrons. The van der Waals surface area contributed by atoms with E-state index >= 15 is 0 Å². The molecule has 0 atom stereocenters. The van der Waals surface area contributed by atoms with E-state index in [-0.39, 0.29) is 17.4 Å². The van der Waals surface area contributed by atoms with Crippen molar-refractivity contribution < 1.29 is 9.53 Å². The Morgan fingerprint density at radius 3 is 2.50 bits per heavy atom. The van der Waals surface area contributed by atoms with E-state index < -0.39 is 0 Å². The fourth-order valence-corrected chi connectivity index (χ4v) is 1.27. The summed E-state index contributed by atoms with van der Waals surface area (Å²) in [6.45, 7) is 0. The van der Waals surface area contributed by atoms with Crippen LogP contribution in [0.2, 0.25) is 0 Å². The zero-order chi connectivity index (χ0) is 11.4. The number of carbonyl (C=O) groups is 1. The zero-order valence-electron chi connectivity index (χ0n) is 8.62. The van der Waals surface area contributed by atoms with Crippen LogP contribution in [0.3, 0.4) is 0 Å². The van der Waals surface area contributed by atoms with E-state index in [0.717, 1.165) is 0 Å². The van der Waals surface area contributed by atoms with Gasteiger partial charge in [-0.2, -0.15) is 0 Å². The van der Waals surface area contributed by atoms with E-state index in [1.165, 1.54) is 19.5 Å². The van der Waals surface area contributed by atoms with Crippen molar-refractivity contribution in [3.63, 3.8) is 0 Å². The monoisotopic (exact) mass is 215 g/mol. The summed E-state index contributed by atoms with van der Waals surface area (Å²) < 4.78 is 4.98. The summed E-state index contributed by atoms with van der Waals surface area (Å²) >= 11 is 0. The number of hydrogen-bond acceptors (Lipinski definition) is 5. The van der Waals surface area contributed by atoms with E-state index in [9.17, 15) is 4.79 Å². The highest BCUT2D eigenvalue weighted by atomic mass is 16.5. The largest absolute Gasteiger partial charge is 0.479 e. The molecule has 0 bridgehead atoms. The van der Waals surface area contributed by atoms with E-state index in [1.54, 1.807) is 24.5 Å². The minimum absolute atomic E-state index is 0.205. The highest BCUT2D eigenvalue weighted by Crippen LogP contribution is 2.15. The van der Waals surface area contributed by atoms with E-state index in [4.69, 9.17) is 4.74 Å². The Balaban J connectivity index is 2.42. The third-order valence-electron chi connectivity index (χ3n) is 2.02. The van der Waals surface area contributed by atoms with Crippen LogP contribution in [0.25, 0.3) is 0 Å². The lowest BCUT2D eigenvalue weighted by Gasteiger charge is -2.04. The predicted molar refractivity (Wildman–Crippen MR) is 56.3 cm³/mol. The predicted octanol–water partition coefficient (Wildman–Crippen LogP) is 1.11. The van der Waals surface area contributed by atoms with Crippen LogP contribution >= 0.6 is 0 Å². The molecule has 0 aromatic carbocycles. The lowest BCUT2D eigenvalue weighted by atomic mass is 10.1. The molecular weight excluding hydrogens is 206 g/mol. The Kier molecular flexibility index (Phi) is 2.86. The molecule has 2 rings (SSSR count). The third kappa shape index (κ3) is 1.88. The molecule has 0 unspecified atom stereocenters. The normalized spacial score (nSPS) is 9.81. The molecule has 0 saturated carbocycles. The second kappa shape index (κ2) is 4.48. The van der Waals surface area contributed by atoms with E-state index in [0.29, 0.717) is 5.56 Å². The molecule has 2 aromatic heterocycles. The highest BCUT2D eigenvalue weighted by molar-refractivity contribution is 6.08. The van der Waals surface area contributed by atoms with E-state index in [2.05, 4.69) is 15.0 Å². The van der Waals surface area contributed by atoms with Crippen LogP contribution in [0, 0.1) is 0 Å². The van der Waals surface area contributed by atoms with Crippen LogP contribution in [0.1, 0.15) is 16.1 Å². The average Bonchev–Trinajstić information content (AvgIpc) is 2.39. The van der Waals surface area contributed by atoms with Crippen molar-refractivity contribution in [2.45, 2.75) is 0 Å². The van der Waals surface area contributed by atoms with Crippen molar-refractivity contribution >= 4 is 5.78 Å². The van der Waals surface area contributed by atoms with Crippen molar-refractivity contribution in [3.05, 3.63) is 48.2 Å². The van der Waals surface area contributed by atoms with Crippen LogP contribution in [-0.2, 0) is 0 Å². The van der Waals surface area contributed by atoms with Gasteiger partial charge < -0.3 is 4.74 Å². The SMILES string of the molecule is COc1nccnc1C(=O)c1ccncc1. The maximum absolute atomic E-state index is 12.0. The summed E-state index contributed by atoms with van der Waals surface area (Å²) in [5.41, 5.74) is 0.713. The second-order valence-corrected chi connectivity index (χ2v) is 2.98. The number of nitrogens with zero attached hydrogens (tertiary/aromatic N) is 3. The van der Waals surface area contributed by atoms with Gasteiger partial charge in [0.15, 0.2) is 5.69 Å². The van der Waals surface area contributed by atoms with Gasteiger partial charge in [-0.15, -0.1) is 0 Å². The Hall–Kier alpha value is -2.30. The van der Waals surface area contributed by atoms with Crippen LogP contribution in [0.15, 0.2) is 36.9 Å². The maximum Gasteiger partial charge on any atom is 0.243 e. The molecular formula is C11H9N3O2. The second-order valence-electron chi connectivity index (χ2n) is 2.98. The molecule has 0 N–H and O–H groups in total. The maximum atomic E-state index is 12.0. The van der Waals surface area contributed by atoms with Gasteiger partial charge >= 0.3 is 0 Å². The summed E-state index contributed by atoms with van der Waals surface area (Å²) in [6.07, 6.45) is 6.03. The lowest BCUT2D eigenvalue weighted by molar-refractivity contribution is 0.103. The number of aromatic nitrogens is 3. The number of hydrogen-bond donors (Lipinski definition) is 0. The quantitative estimate of drug-likeness (QED) is 0.717. The summed E-state index contributed by atoms with van der Waals surface area (Å²) in [7, 11) is 1.45. The molecule has 2 heterocycles. The fourth-order valence-electron chi connectivity index (χ4n) is 1.27. The van der Waals surface area contributed by atoms with Gasteiger partial charge in [0.2, 0.25) is 11.7 Å². The number of ether oxygens (including phenoxy) is 1. The van der Waals surface area contributed by atoms with Crippen LogP contribution < -0.4 is 4.74 Å². The van der Waals surface area contributed by atoms with Crippen molar-refractivity contribution in [2.75, 3.05) is 7.11 Å². The molecule has 0 spiro atoms. The van der Waals surface area contributed by atoms with Gasteiger partial charge in [0, 0.05) is 30.4 Å². The van der Waals surface area contributed by atoms with Gasteiger partial charge in [0.1, 0.15) is 0 Å². The molecule has 2 aromatic rings. The Labute approximate surface area is 92.2 Å². The number of pyridine rings is 1. The summed E-state index contributed by atoms with van der Waals surface area (Å²) in [5, 5.41) is 0. The minimum atomic E-state index is -0.229. The standard InChI is InChI=1S/C11H9N3O2/c1-16-11-9(13-6-7-14-11)10(15)8-2-4-12-5-3-8/h2-7H,1H3. The minimum Gasteiger partial charge on any atom is -0.479 e. The summed E-state index contributed by atoms with van der Waals surface area (Å²) in [6, 6.07) is 3.24. The van der Waals surface area contributed by atoms with Crippen molar-refractivity contribution in [1.82, 2.24) is 15.0 Å². The Morgan fingerprint density at radius 1 is 1.12 bits per heavy atom. The fraction of sp³-hybridized carbons (Fsp3) is 0.0909. The molecule has 0 saturated heterocycles. The van der Waals surface area contributed by atoms with E-state index in [1.807, 2.05) is 0 Å². The lowest BCUT2D eigenvalue weighted by Crippen LogP contribution is -2.07. The van der Waals surface area contributed by atoms with Crippen molar-refractivity contribution in [2.24, 2.45) is 0 Å². The third-order valence-corrected chi connectivity index (χ3v) is 2.02. The van der Waals surface area contributed by atoms with Gasteiger partial charge in [0.05, 0.1) is 7.11 Å². The summed E-state index contributed by atoms with van der Waals surface area (Å²) in [4.78, 5) is 23.8. The first kappa shape index (κ1) is 10.2. The van der Waals surface area contributed by atoms with Crippen LogP contribution in [0.5, 0.6) is 5.88 Å². The molecule has 0 aliphatic heterocycles. The highest BCUT2D eigenvalue weighted by Gasteiger charge is 2.16. The molecule has 5 nitrogen and oxygen atoms in total.